The fourth-order valence-corrected chi connectivity index (χ4v) is 7.38. The molecule has 0 aromatic carbocycles. The number of amides is 1. The summed E-state index contributed by atoms with van der Waals surface area (Å²) < 4.78 is 41.6. The van der Waals surface area contributed by atoms with Crippen molar-refractivity contribution in [1.82, 2.24) is 19.4 Å². The van der Waals surface area contributed by atoms with E-state index in [1.54, 1.807) is 14.0 Å². The molecule has 4 rings (SSSR count). The Morgan fingerprint density at radius 2 is 1.82 bits per heavy atom. The summed E-state index contributed by atoms with van der Waals surface area (Å²) >= 11 is 0. The number of fused-ring (bicyclic) bond motifs is 1. The first kappa shape index (κ1) is 29.4. The molecule has 12 heteroatoms. The average Bonchev–Trinajstić information content (AvgIpc) is 2.85. The highest BCUT2D eigenvalue weighted by Crippen LogP contribution is 2.49. The van der Waals surface area contributed by atoms with Crippen molar-refractivity contribution >= 4 is 11.9 Å². The summed E-state index contributed by atoms with van der Waals surface area (Å²) in [6.45, 7) is 0.661. The van der Waals surface area contributed by atoms with E-state index < -0.39 is 36.1 Å². The molecule has 1 aromatic heterocycles. The van der Waals surface area contributed by atoms with E-state index in [2.05, 4.69) is 5.32 Å². The van der Waals surface area contributed by atoms with E-state index in [4.69, 9.17) is 0 Å². The zero-order chi connectivity index (χ0) is 28.5. The van der Waals surface area contributed by atoms with Crippen LogP contribution >= 0.6 is 0 Å². The molecule has 3 fully saturated rings. The van der Waals surface area contributed by atoms with Gasteiger partial charge in [0.1, 0.15) is 6.04 Å². The number of carboxylic acids is 1. The summed E-state index contributed by atoms with van der Waals surface area (Å²) in [4.78, 5) is 52.2. The number of piperidine rings is 1. The Labute approximate surface area is 225 Å². The molecule has 39 heavy (non-hydrogen) atoms. The monoisotopic (exact) mass is 556 g/mol. The first-order valence-corrected chi connectivity index (χ1v) is 13.9. The average molecular weight is 557 g/mol. The molecule has 2 saturated carbocycles. The number of alkyl halides is 3. The number of aromatic nitrogens is 2. The molecule has 1 aliphatic heterocycles. The number of likely N-dealkylation sites (tertiary alicyclic amines) is 1. The van der Waals surface area contributed by atoms with Gasteiger partial charge in [-0.3, -0.25) is 19.1 Å². The lowest BCUT2D eigenvalue weighted by molar-refractivity contribution is -0.157. The number of aliphatic carboxylic acids is 1. The smallest absolute Gasteiger partial charge is 0.401 e. The predicted octanol–water partition coefficient (Wildman–Crippen LogP) is 2.93. The third kappa shape index (κ3) is 6.58. The van der Waals surface area contributed by atoms with Crippen LogP contribution in [0.5, 0.6) is 0 Å². The predicted molar refractivity (Wildman–Crippen MR) is 137 cm³/mol. The molecule has 6 atom stereocenters. The van der Waals surface area contributed by atoms with Crippen LogP contribution in [-0.4, -0.2) is 62.9 Å². The molecule has 0 bridgehead atoms. The highest BCUT2D eigenvalue weighted by atomic mass is 19.4. The molecule has 218 valence electrons. The van der Waals surface area contributed by atoms with Crippen LogP contribution in [0.15, 0.2) is 21.9 Å². The van der Waals surface area contributed by atoms with E-state index in [9.17, 15) is 37.5 Å². The number of hydrogen-bond acceptors (Lipinski definition) is 5. The van der Waals surface area contributed by atoms with Crippen LogP contribution in [0.25, 0.3) is 0 Å². The van der Waals surface area contributed by atoms with Gasteiger partial charge >= 0.3 is 17.8 Å². The third-order valence-corrected chi connectivity index (χ3v) is 9.19. The molecule has 3 aliphatic rings. The number of rotatable bonds is 7. The number of nitrogens with zero attached hydrogens (tertiary/aromatic N) is 3. The number of nitrogens with one attached hydrogen (secondary N) is 1. The van der Waals surface area contributed by atoms with Gasteiger partial charge in [0.2, 0.25) is 5.91 Å². The normalized spacial score (nSPS) is 30.8. The maximum atomic E-state index is 13.3. The Hall–Kier alpha value is -2.63. The lowest BCUT2D eigenvalue weighted by Gasteiger charge is -2.46. The quantitative estimate of drug-likeness (QED) is 0.534. The van der Waals surface area contributed by atoms with Gasteiger partial charge in [0.15, 0.2) is 0 Å². The summed E-state index contributed by atoms with van der Waals surface area (Å²) in [7, 11) is 1.61. The van der Waals surface area contributed by atoms with Crippen molar-refractivity contribution in [2.45, 2.75) is 83.0 Å². The Morgan fingerprint density at radius 1 is 1.13 bits per heavy atom. The number of hydrogen-bond donors (Lipinski definition) is 2. The van der Waals surface area contributed by atoms with E-state index >= 15 is 0 Å². The zero-order valence-corrected chi connectivity index (χ0v) is 22.6. The maximum Gasteiger partial charge on any atom is 0.401 e. The van der Waals surface area contributed by atoms with Gasteiger partial charge in [-0.25, -0.2) is 9.59 Å². The molecular formula is C27H39F3N4O5. The van der Waals surface area contributed by atoms with Gasteiger partial charge in [0.05, 0.1) is 12.0 Å². The van der Waals surface area contributed by atoms with Crippen molar-refractivity contribution in [2.24, 2.45) is 30.2 Å². The molecular weight excluding hydrogens is 517 g/mol. The van der Waals surface area contributed by atoms with E-state index in [1.807, 2.05) is 0 Å². The van der Waals surface area contributed by atoms with Crippen molar-refractivity contribution in [3.05, 3.63) is 33.1 Å². The molecule has 2 aliphatic carbocycles. The number of carbonyl (C=O) groups is 2. The lowest BCUT2D eigenvalue weighted by atomic mass is 9.62. The number of carboxylic acid groups (broad SMARTS) is 1. The molecule has 1 aromatic rings. The van der Waals surface area contributed by atoms with Gasteiger partial charge in [-0.1, -0.05) is 19.3 Å². The van der Waals surface area contributed by atoms with Crippen LogP contribution in [-0.2, 0) is 16.6 Å². The highest BCUT2D eigenvalue weighted by molar-refractivity contribution is 5.87. The fourth-order valence-electron chi connectivity index (χ4n) is 7.38. The van der Waals surface area contributed by atoms with Crippen LogP contribution in [0.3, 0.4) is 0 Å². The second kappa shape index (κ2) is 11.5. The second-order valence-electron chi connectivity index (χ2n) is 12.0. The van der Waals surface area contributed by atoms with Crippen molar-refractivity contribution in [2.75, 3.05) is 19.6 Å². The fraction of sp³-hybridized carbons (Fsp3) is 0.778. The Bertz CT molecular complexity index is 1180. The molecule has 2 heterocycles. The molecule has 0 radical (unpaired) electrons. The van der Waals surface area contributed by atoms with Gasteiger partial charge in [0.25, 0.3) is 5.56 Å². The van der Waals surface area contributed by atoms with Crippen molar-refractivity contribution < 1.29 is 27.9 Å². The van der Waals surface area contributed by atoms with Crippen LogP contribution < -0.4 is 16.6 Å². The van der Waals surface area contributed by atoms with Crippen LogP contribution in [0, 0.1) is 23.2 Å². The standard InChI is InChI=1S/C27H39F3N4O5/c1-26(11-5-12-33(15-26)16-27(28,29)30)24(38)31-20(23(36)37)14-17-6-3-8-19-18(17)7-4-9-21(19)34-22(35)10-13-32(2)25(34)39/h10,13,17-21H,3-9,11-12,14-16H2,1-2H3,(H,31,38)(H,36,37)/t17?,18?,19?,20-,21?,26?/m0/s1. The second-order valence-corrected chi connectivity index (χ2v) is 12.0. The van der Waals surface area contributed by atoms with Gasteiger partial charge < -0.3 is 15.0 Å². The summed E-state index contributed by atoms with van der Waals surface area (Å²) in [6.07, 6.45) is 2.93. The summed E-state index contributed by atoms with van der Waals surface area (Å²) in [5.74, 6) is -1.55. The van der Waals surface area contributed by atoms with Crippen LogP contribution in [0.4, 0.5) is 13.2 Å². The zero-order valence-electron chi connectivity index (χ0n) is 22.6. The first-order chi connectivity index (χ1) is 18.3. The van der Waals surface area contributed by atoms with Crippen LogP contribution in [0.2, 0.25) is 0 Å². The molecule has 1 saturated heterocycles. The minimum absolute atomic E-state index is 0.0166. The summed E-state index contributed by atoms with van der Waals surface area (Å²) in [6, 6.07) is -0.0236. The molecule has 1 amide bonds. The van der Waals surface area contributed by atoms with Gasteiger partial charge in [0, 0.05) is 31.9 Å². The van der Waals surface area contributed by atoms with Crippen molar-refractivity contribution in [1.29, 1.82) is 0 Å². The number of aryl methyl sites for hydroxylation is 1. The SMILES string of the molecule is Cn1ccc(=O)n(C2CCCC3C(C[C@H](NC(=O)C4(C)CCCN(CC(F)(F)F)C4)C(=O)O)CCCC32)c1=O. The topological polar surface area (TPSA) is 114 Å². The van der Waals surface area contributed by atoms with Crippen molar-refractivity contribution in [3.63, 3.8) is 0 Å². The highest BCUT2D eigenvalue weighted by Gasteiger charge is 2.45. The molecule has 2 N–H and O–H groups in total. The maximum absolute atomic E-state index is 13.3. The summed E-state index contributed by atoms with van der Waals surface area (Å²) in [5, 5.41) is 12.7. The third-order valence-electron chi connectivity index (χ3n) is 9.19. The number of carbonyl (C=O) groups excluding carboxylic acids is 1. The van der Waals surface area contributed by atoms with Crippen LogP contribution in [0.1, 0.15) is 70.8 Å². The minimum Gasteiger partial charge on any atom is -0.480 e. The molecule has 9 nitrogen and oxygen atoms in total. The first-order valence-electron chi connectivity index (χ1n) is 13.9. The van der Waals surface area contributed by atoms with E-state index in [0.717, 1.165) is 32.1 Å². The summed E-state index contributed by atoms with van der Waals surface area (Å²) in [5.41, 5.74) is -1.80. The lowest BCUT2D eigenvalue weighted by Crippen LogP contribution is -2.55. The molecule has 0 spiro atoms. The van der Waals surface area contributed by atoms with Gasteiger partial charge in [-0.05, 0) is 69.7 Å². The van der Waals surface area contributed by atoms with Gasteiger partial charge in [-0.15, -0.1) is 0 Å². The van der Waals surface area contributed by atoms with E-state index in [-0.39, 0.29) is 54.6 Å². The van der Waals surface area contributed by atoms with E-state index in [0.29, 0.717) is 19.3 Å². The van der Waals surface area contributed by atoms with E-state index in [1.165, 1.54) is 26.3 Å². The Balaban J connectivity index is 1.48. The Morgan fingerprint density at radius 3 is 2.51 bits per heavy atom. The number of halogens is 3. The van der Waals surface area contributed by atoms with Crippen molar-refractivity contribution in [3.8, 4) is 0 Å². The Kier molecular flexibility index (Phi) is 8.63. The van der Waals surface area contributed by atoms with Gasteiger partial charge in [-0.2, -0.15) is 13.2 Å². The molecule has 5 unspecified atom stereocenters. The minimum atomic E-state index is -4.37. The largest absolute Gasteiger partial charge is 0.480 e.